The fourth-order valence-corrected chi connectivity index (χ4v) is 4.48. The Morgan fingerprint density at radius 2 is 1.64 bits per heavy atom. The maximum atomic E-state index is 2.80. The zero-order valence-corrected chi connectivity index (χ0v) is 14.6. The average Bonchev–Trinajstić information content (AvgIpc) is 2.49. The molecule has 2 aliphatic rings. The van der Waals surface area contributed by atoms with Crippen LogP contribution in [0.2, 0.25) is 0 Å². The van der Waals surface area contributed by atoms with Gasteiger partial charge in [0, 0.05) is 25.7 Å². The molecule has 2 fully saturated rings. The molecule has 0 aromatic heterocycles. The van der Waals surface area contributed by atoms with Crippen molar-refractivity contribution < 1.29 is 0 Å². The Morgan fingerprint density at radius 1 is 1.00 bits per heavy atom. The minimum absolute atomic E-state index is 0.832. The van der Waals surface area contributed by atoms with E-state index in [0.717, 1.165) is 24.4 Å². The zero-order chi connectivity index (χ0) is 15.5. The number of hydrogen-bond donors (Lipinski definition) is 0. The molecule has 2 atom stereocenters. The Labute approximate surface area is 136 Å². The highest BCUT2D eigenvalue weighted by atomic mass is 15.2. The highest BCUT2D eigenvalue weighted by Crippen LogP contribution is 2.27. The summed E-state index contributed by atoms with van der Waals surface area (Å²) in [6.07, 6.45) is 4.12. The van der Waals surface area contributed by atoms with E-state index in [2.05, 4.69) is 54.8 Å². The van der Waals surface area contributed by atoms with Crippen LogP contribution in [0.1, 0.15) is 44.2 Å². The summed E-state index contributed by atoms with van der Waals surface area (Å²) in [5.74, 6) is 1.77. The van der Waals surface area contributed by atoms with E-state index in [4.69, 9.17) is 0 Å². The van der Waals surface area contributed by atoms with Crippen LogP contribution in [0.4, 0.5) is 0 Å². The molecule has 0 unspecified atom stereocenters. The largest absolute Gasteiger partial charge is 0.300 e. The van der Waals surface area contributed by atoms with Gasteiger partial charge in [-0.15, -0.1) is 0 Å². The lowest BCUT2D eigenvalue weighted by atomic mass is 9.89. The van der Waals surface area contributed by atoms with Crippen LogP contribution in [0.5, 0.6) is 0 Å². The van der Waals surface area contributed by atoms with Gasteiger partial charge in [-0.2, -0.15) is 0 Å². The number of aryl methyl sites for hydroxylation is 1. The van der Waals surface area contributed by atoms with Crippen molar-refractivity contribution in [1.29, 1.82) is 0 Å². The molecule has 2 heteroatoms. The standard InChI is InChI=1S/C20H32N2/c1-16-12-17(2)14-22(13-16)20-8-10-21(11-9-20)15-19-7-5-4-6-18(19)3/h4-7,16-17,20H,8-15H2,1-3H3/t16-,17-/m1/s1. The fraction of sp³-hybridized carbons (Fsp3) is 0.700. The Morgan fingerprint density at radius 3 is 2.27 bits per heavy atom. The van der Waals surface area contributed by atoms with E-state index in [0.29, 0.717) is 0 Å². The number of likely N-dealkylation sites (tertiary alicyclic amines) is 2. The minimum Gasteiger partial charge on any atom is -0.300 e. The molecule has 0 N–H and O–H groups in total. The number of rotatable bonds is 3. The monoisotopic (exact) mass is 300 g/mol. The first-order chi connectivity index (χ1) is 10.6. The average molecular weight is 300 g/mol. The van der Waals surface area contributed by atoms with E-state index in [9.17, 15) is 0 Å². The summed E-state index contributed by atoms with van der Waals surface area (Å²) in [5.41, 5.74) is 2.93. The molecule has 2 nitrogen and oxygen atoms in total. The van der Waals surface area contributed by atoms with Crippen molar-refractivity contribution in [3.05, 3.63) is 35.4 Å². The van der Waals surface area contributed by atoms with Crippen molar-refractivity contribution in [2.45, 2.75) is 52.6 Å². The van der Waals surface area contributed by atoms with Crippen molar-refractivity contribution in [3.63, 3.8) is 0 Å². The van der Waals surface area contributed by atoms with E-state index in [1.807, 2.05) is 0 Å². The molecule has 22 heavy (non-hydrogen) atoms. The van der Waals surface area contributed by atoms with Crippen molar-refractivity contribution in [1.82, 2.24) is 9.80 Å². The molecule has 2 aliphatic heterocycles. The number of piperidine rings is 2. The van der Waals surface area contributed by atoms with Crippen molar-refractivity contribution >= 4 is 0 Å². The van der Waals surface area contributed by atoms with Crippen LogP contribution >= 0.6 is 0 Å². The highest BCUT2D eigenvalue weighted by Gasteiger charge is 2.29. The number of nitrogens with zero attached hydrogens (tertiary/aromatic N) is 2. The van der Waals surface area contributed by atoms with Crippen LogP contribution in [0.3, 0.4) is 0 Å². The van der Waals surface area contributed by atoms with Crippen LogP contribution in [-0.2, 0) is 6.54 Å². The fourth-order valence-electron chi connectivity index (χ4n) is 4.48. The van der Waals surface area contributed by atoms with Gasteiger partial charge in [0.25, 0.3) is 0 Å². The summed E-state index contributed by atoms with van der Waals surface area (Å²) in [5, 5.41) is 0. The predicted molar refractivity (Wildman–Crippen MR) is 94.0 cm³/mol. The zero-order valence-electron chi connectivity index (χ0n) is 14.6. The van der Waals surface area contributed by atoms with Crippen LogP contribution in [-0.4, -0.2) is 42.0 Å². The van der Waals surface area contributed by atoms with Crippen molar-refractivity contribution in [3.8, 4) is 0 Å². The molecule has 1 aromatic carbocycles. The summed E-state index contributed by atoms with van der Waals surface area (Å²) in [7, 11) is 0. The van der Waals surface area contributed by atoms with Crippen LogP contribution in [0.25, 0.3) is 0 Å². The summed E-state index contributed by atoms with van der Waals surface area (Å²) in [6.45, 7) is 13.4. The molecule has 0 bridgehead atoms. The molecular weight excluding hydrogens is 268 g/mol. The molecule has 2 heterocycles. The topological polar surface area (TPSA) is 6.48 Å². The third kappa shape index (κ3) is 3.91. The van der Waals surface area contributed by atoms with Gasteiger partial charge in [-0.1, -0.05) is 38.1 Å². The van der Waals surface area contributed by atoms with Gasteiger partial charge in [0.05, 0.1) is 0 Å². The predicted octanol–water partition coefficient (Wildman–Crippen LogP) is 3.94. The minimum atomic E-state index is 0.832. The van der Waals surface area contributed by atoms with E-state index in [1.165, 1.54) is 56.6 Å². The van der Waals surface area contributed by atoms with Gasteiger partial charge in [0.2, 0.25) is 0 Å². The molecule has 0 saturated carbocycles. The summed E-state index contributed by atoms with van der Waals surface area (Å²) in [4.78, 5) is 5.44. The first kappa shape index (κ1) is 16.0. The smallest absolute Gasteiger partial charge is 0.0236 e. The lowest BCUT2D eigenvalue weighted by molar-refractivity contribution is 0.0529. The quantitative estimate of drug-likeness (QED) is 0.834. The maximum Gasteiger partial charge on any atom is 0.0236 e. The van der Waals surface area contributed by atoms with Gasteiger partial charge >= 0.3 is 0 Å². The molecule has 1 aromatic rings. The van der Waals surface area contributed by atoms with Crippen LogP contribution in [0.15, 0.2) is 24.3 Å². The second-order valence-corrected chi connectivity index (χ2v) is 7.83. The van der Waals surface area contributed by atoms with E-state index in [1.54, 1.807) is 0 Å². The molecule has 122 valence electrons. The van der Waals surface area contributed by atoms with Gasteiger partial charge in [-0.05, 0) is 62.2 Å². The van der Waals surface area contributed by atoms with E-state index >= 15 is 0 Å². The summed E-state index contributed by atoms with van der Waals surface area (Å²) < 4.78 is 0. The maximum absolute atomic E-state index is 2.80. The normalized spacial score (nSPS) is 28.9. The number of hydrogen-bond acceptors (Lipinski definition) is 2. The number of benzene rings is 1. The third-order valence-electron chi connectivity index (χ3n) is 5.63. The van der Waals surface area contributed by atoms with Gasteiger partial charge in [-0.3, -0.25) is 9.80 Å². The molecule has 0 radical (unpaired) electrons. The Kier molecular flexibility index (Phi) is 5.20. The molecule has 0 amide bonds. The second kappa shape index (κ2) is 7.14. The summed E-state index contributed by atoms with van der Waals surface area (Å²) in [6, 6.07) is 9.67. The molecule has 0 spiro atoms. The Hall–Kier alpha value is -0.860. The van der Waals surface area contributed by atoms with E-state index < -0.39 is 0 Å². The molecule has 2 saturated heterocycles. The molecular formula is C20H32N2. The van der Waals surface area contributed by atoms with Crippen LogP contribution < -0.4 is 0 Å². The van der Waals surface area contributed by atoms with Gasteiger partial charge in [-0.25, -0.2) is 0 Å². The first-order valence-corrected chi connectivity index (χ1v) is 9.12. The van der Waals surface area contributed by atoms with Gasteiger partial charge in [0.15, 0.2) is 0 Å². The second-order valence-electron chi connectivity index (χ2n) is 7.83. The lowest BCUT2D eigenvalue weighted by Gasteiger charge is -2.43. The third-order valence-corrected chi connectivity index (χ3v) is 5.63. The lowest BCUT2D eigenvalue weighted by Crippen LogP contribution is -2.49. The van der Waals surface area contributed by atoms with Gasteiger partial charge in [0.1, 0.15) is 0 Å². The Balaban J connectivity index is 1.51. The van der Waals surface area contributed by atoms with Crippen LogP contribution in [0, 0.1) is 18.8 Å². The molecule has 0 aliphatic carbocycles. The summed E-state index contributed by atoms with van der Waals surface area (Å²) >= 11 is 0. The Bertz CT molecular complexity index is 466. The van der Waals surface area contributed by atoms with Gasteiger partial charge < -0.3 is 0 Å². The first-order valence-electron chi connectivity index (χ1n) is 9.12. The SMILES string of the molecule is Cc1ccccc1CN1CCC(N2C[C@H](C)C[C@@H](C)C2)CC1. The highest BCUT2D eigenvalue weighted by molar-refractivity contribution is 5.25. The van der Waals surface area contributed by atoms with E-state index in [-0.39, 0.29) is 0 Å². The molecule has 3 rings (SSSR count). The van der Waals surface area contributed by atoms with Crippen molar-refractivity contribution in [2.75, 3.05) is 26.2 Å². The van der Waals surface area contributed by atoms with Crippen molar-refractivity contribution in [2.24, 2.45) is 11.8 Å².